The minimum absolute atomic E-state index is 0.161. The average molecular weight is 486 g/mol. The molecule has 0 amide bonds. The zero-order chi connectivity index (χ0) is 26.0. The van der Waals surface area contributed by atoms with Gasteiger partial charge >= 0.3 is 5.69 Å². The Labute approximate surface area is 204 Å². The van der Waals surface area contributed by atoms with Crippen molar-refractivity contribution in [2.24, 2.45) is 7.05 Å². The molecule has 0 unspecified atom stereocenters. The predicted molar refractivity (Wildman–Crippen MR) is 138 cm³/mol. The maximum atomic E-state index is 12.9. The largest absolute Gasteiger partial charge is 0.508 e. The van der Waals surface area contributed by atoms with Gasteiger partial charge in [0.15, 0.2) is 0 Å². The zero-order valence-corrected chi connectivity index (χ0v) is 20.6. The molecular formula is C24H35N7O4. The Hall–Kier alpha value is -4.02. The lowest BCUT2D eigenvalue weighted by Gasteiger charge is -2.17. The number of phenolic OH excluding ortho intramolecular Hbond substituents is 1. The fourth-order valence-electron chi connectivity index (χ4n) is 3.68. The number of aryl methyl sites for hydroxylation is 1. The number of hydrogen-bond acceptors (Lipinski definition) is 8. The Morgan fingerprint density at radius 1 is 1.03 bits per heavy atom. The summed E-state index contributed by atoms with van der Waals surface area (Å²) in [5.74, 6) is 1.13. The maximum absolute atomic E-state index is 12.9. The lowest BCUT2D eigenvalue weighted by atomic mass is 10.1. The van der Waals surface area contributed by atoms with E-state index in [0.717, 1.165) is 29.9 Å². The highest BCUT2D eigenvalue weighted by atomic mass is 16.3. The second-order valence-corrected chi connectivity index (χ2v) is 7.99. The Bertz CT molecular complexity index is 1210. The van der Waals surface area contributed by atoms with Gasteiger partial charge in [-0.3, -0.25) is 18.6 Å². The Balaban J connectivity index is 0.00000210. The highest BCUT2D eigenvalue weighted by Gasteiger charge is 2.17. The molecule has 0 fully saturated rings. The molecule has 0 saturated carbocycles. The van der Waals surface area contributed by atoms with Crippen LogP contribution in [-0.2, 0) is 37.9 Å². The van der Waals surface area contributed by atoms with Crippen LogP contribution < -0.4 is 27.6 Å². The average Bonchev–Trinajstić information content (AvgIpc) is 3.21. The molecule has 0 aliphatic carbocycles. The van der Waals surface area contributed by atoms with E-state index in [-0.39, 0.29) is 22.9 Å². The van der Waals surface area contributed by atoms with Crippen molar-refractivity contribution in [2.75, 3.05) is 22.9 Å². The summed E-state index contributed by atoms with van der Waals surface area (Å²) in [5, 5.41) is 20.3. The standard InChI is InChI=1S/C23H33N7O3.CH2O/c1-4-12-29-21(24)20(22(32)30(13-5-2)23(29)33)26-15-17-14-19(27-28(17)3)25-11-10-16-6-8-18(31)9-7-16;1-2/h6-9,14,26,31H,4-5,10-13,15,24H2,1-3H3,(H,25,27);1H2. The quantitative estimate of drug-likeness (QED) is 0.322. The second-order valence-electron chi connectivity index (χ2n) is 7.99. The second kappa shape index (κ2) is 13.0. The van der Waals surface area contributed by atoms with E-state index in [2.05, 4.69) is 15.7 Å². The van der Waals surface area contributed by atoms with Crippen LogP contribution in [0.25, 0.3) is 0 Å². The highest BCUT2D eigenvalue weighted by molar-refractivity contribution is 5.60. The summed E-state index contributed by atoms with van der Waals surface area (Å²) in [6.07, 6.45) is 2.19. The van der Waals surface area contributed by atoms with Crippen LogP contribution in [0.15, 0.2) is 39.9 Å². The molecule has 3 rings (SSSR count). The van der Waals surface area contributed by atoms with E-state index in [9.17, 15) is 14.7 Å². The van der Waals surface area contributed by atoms with Gasteiger partial charge in [-0.05, 0) is 37.0 Å². The molecule has 0 aliphatic heterocycles. The number of nitrogens with two attached hydrogens (primary N) is 1. The number of nitrogens with zero attached hydrogens (tertiary/aromatic N) is 4. The van der Waals surface area contributed by atoms with Gasteiger partial charge in [0.25, 0.3) is 5.56 Å². The summed E-state index contributed by atoms with van der Waals surface area (Å²) < 4.78 is 4.44. The first-order chi connectivity index (χ1) is 16.8. The zero-order valence-electron chi connectivity index (χ0n) is 20.6. The lowest BCUT2D eigenvalue weighted by molar-refractivity contribution is -0.0979. The molecule has 35 heavy (non-hydrogen) atoms. The summed E-state index contributed by atoms with van der Waals surface area (Å²) in [6, 6.07) is 9.02. The van der Waals surface area contributed by atoms with Crippen molar-refractivity contribution in [3.8, 4) is 5.75 Å². The van der Waals surface area contributed by atoms with Gasteiger partial charge in [-0.15, -0.1) is 0 Å². The summed E-state index contributed by atoms with van der Waals surface area (Å²) in [4.78, 5) is 33.6. The summed E-state index contributed by atoms with van der Waals surface area (Å²) >= 11 is 0. The summed E-state index contributed by atoms with van der Waals surface area (Å²) in [7, 11) is 1.83. The highest BCUT2D eigenvalue weighted by Crippen LogP contribution is 2.15. The van der Waals surface area contributed by atoms with Crippen LogP contribution in [0.4, 0.5) is 17.3 Å². The predicted octanol–water partition coefficient (Wildman–Crippen LogP) is 1.93. The van der Waals surface area contributed by atoms with Crippen molar-refractivity contribution >= 4 is 24.1 Å². The molecule has 2 aromatic heterocycles. The number of nitrogen functional groups attached to an aromatic ring is 1. The van der Waals surface area contributed by atoms with Crippen molar-refractivity contribution in [3.05, 3.63) is 62.4 Å². The molecule has 0 bridgehead atoms. The summed E-state index contributed by atoms with van der Waals surface area (Å²) in [6.45, 7) is 7.69. The van der Waals surface area contributed by atoms with Gasteiger partial charge in [0.05, 0.1) is 12.2 Å². The fraction of sp³-hybridized carbons (Fsp3) is 0.417. The van der Waals surface area contributed by atoms with Gasteiger partial charge in [-0.2, -0.15) is 5.10 Å². The third-order valence-electron chi connectivity index (χ3n) is 5.44. The van der Waals surface area contributed by atoms with Crippen LogP contribution in [-0.4, -0.2) is 37.4 Å². The maximum Gasteiger partial charge on any atom is 0.332 e. The number of aromatic hydroxyl groups is 1. The van der Waals surface area contributed by atoms with Gasteiger partial charge in [-0.25, -0.2) is 4.79 Å². The molecule has 5 N–H and O–H groups in total. The third kappa shape index (κ3) is 6.75. The molecule has 0 saturated heterocycles. The van der Waals surface area contributed by atoms with Crippen molar-refractivity contribution < 1.29 is 9.90 Å². The SMILES string of the molecule is C=O.CCCn1c(N)c(NCc2cc(NCCc3ccc(O)cc3)nn2C)c(=O)n(CCC)c1=O. The fourth-order valence-corrected chi connectivity index (χ4v) is 3.68. The van der Waals surface area contributed by atoms with E-state index in [1.807, 2.05) is 45.9 Å². The number of hydrogen-bond donors (Lipinski definition) is 4. The molecule has 0 spiro atoms. The number of rotatable bonds is 11. The van der Waals surface area contributed by atoms with E-state index in [0.29, 0.717) is 32.6 Å². The van der Waals surface area contributed by atoms with Crippen molar-refractivity contribution in [3.63, 3.8) is 0 Å². The van der Waals surface area contributed by atoms with E-state index >= 15 is 0 Å². The van der Waals surface area contributed by atoms with Gasteiger partial charge < -0.3 is 26.3 Å². The van der Waals surface area contributed by atoms with Crippen LogP contribution in [0.3, 0.4) is 0 Å². The number of nitrogens with one attached hydrogen (secondary N) is 2. The Morgan fingerprint density at radius 3 is 2.29 bits per heavy atom. The normalized spacial score (nSPS) is 10.5. The minimum Gasteiger partial charge on any atom is -0.508 e. The van der Waals surface area contributed by atoms with Gasteiger partial charge in [0.2, 0.25) is 0 Å². The Morgan fingerprint density at radius 2 is 1.66 bits per heavy atom. The number of benzene rings is 1. The molecule has 0 radical (unpaired) electrons. The van der Waals surface area contributed by atoms with Crippen LogP contribution in [0.1, 0.15) is 37.9 Å². The Kier molecular flexibility index (Phi) is 10.1. The molecule has 11 nitrogen and oxygen atoms in total. The minimum atomic E-state index is -0.402. The lowest BCUT2D eigenvalue weighted by Crippen LogP contribution is -2.42. The number of carbonyl (C=O) groups excluding carboxylic acids is 1. The summed E-state index contributed by atoms with van der Waals surface area (Å²) in [5.41, 5.74) is 7.64. The topological polar surface area (TPSA) is 149 Å². The first kappa shape index (κ1) is 27.2. The van der Waals surface area contributed by atoms with Crippen molar-refractivity contribution in [1.29, 1.82) is 0 Å². The first-order valence-corrected chi connectivity index (χ1v) is 11.6. The molecule has 0 aliphatic rings. The smallest absolute Gasteiger partial charge is 0.332 e. The van der Waals surface area contributed by atoms with Crippen LogP contribution in [0.2, 0.25) is 0 Å². The van der Waals surface area contributed by atoms with Gasteiger partial charge in [0, 0.05) is 32.7 Å². The third-order valence-corrected chi connectivity index (χ3v) is 5.44. The van der Waals surface area contributed by atoms with E-state index < -0.39 is 5.56 Å². The van der Waals surface area contributed by atoms with E-state index in [1.54, 1.807) is 16.8 Å². The number of aromatic nitrogens is 4. The molecule has 190 valence electrons. The number of anilines is 3. The van der Waals surface area contributed by atoms with Gasteiger partial charge in [-0.1, -0.05) is 26.0 Å². The van der Waals surface area contributed by atoms with Gasteiger partial charge in [0.1, 0.15) is 29.9 Å². The molecule has 2 heterocycles. The number of carbonyl (C=O) groups is 1. The molecule has 1 aromatic carbocycles. The van der Waals surface area contributed by atoms with Crippen LogP contribution >= 0.6 is 0 Å². The van der Waals surface area contributed by atoms with E-state index in [1.165, 1.54) is 9.13 Å². The van der Waals surface area contributed by atoms with Crippen molar-refractivity contribution in [2.45, 2.75) is 52.7 Å². The molecule has 11 heteroatoms. The molecule has 3 aromatic rings. The monoisotopic (exact) mass is 485 g/mol. The van der Waals surface area contributed by atoms with Crippen LogP contribution in [0, 0.1) is 0 Å². The first-order valence-electron chi connectivity index (χ1n) is 11.6. The van der Waals surface area contributed by atoms with Crippen molar-refractivity contribution in [1.82, 2.24) is 18.9 Å². The molecular weight excluding hydrogens is 450 g/mol. The number of phenols is 1. The van der Waals surface area contributed by atoms with Crippen LogP contribution in [0.5, 0.6) is 5.75 Å². The molecule has 0 atom stereocenters. The van der Waals surface area contributed by atoms with E-state index in [4.69, 9.17) is 10.5 Å².